The van der Waals surface area contributed by atoms with Crippen LogP contribution in [0.15, 0.2) is 47.2 Å². The molecule has 1 N–H and O–H groups in total. The van der Waals surface area contributed by atoms with Crippen molar-refractivity contribution >= 4 is 61.6 Å². The monoisotopic (exact) mass is 514 g/mol. The van der Waals surface area contributed by atoms with E-state index < -0.39 is 0 Å². The van der Waals surface area contributed by atoms with E-state index in [1.54, 1.807) is 22.7 Å². The molecule has 3 aromatic heterocycles. The third kappa shape index (κ3) is 4.77. The van der Waals surface area contributed by atoms with E-state index in [-0.39, 0.29) is 11.9 Å². The van der Waals surface area contributed by atoms with E-state index in [0.29, 0.717) is 22.5 Å². The smallest absolute Gasteiger partial charge is 0.266 e. The van der Waals surface area contributed by atoms with Crippen LogP contribution < -0.4 is 5.32 Å². The van der Waals surface area contributed by atoms with Crippen molar-refractivity contribution in [2.24, 2.45) is 0 Å². The summed E-state index contributed by atoms with van der Waals surface area (Å²) in [5.41, 5.74) is 2.54. The van der Waals surface area contributed by atoms with Crippen molar-refractivity contribution in [3.63, 3.8) is 0 Å². The largest absolute Gasteiger partial charge is 0.330 e. The predicted molar refractivity (Wildman–Crippen MR) is 144 cm³/mol. The molecule has 3 nitrogen and oxygen atoms in total. The Morgan fingerprint density at radius 2 is 1.91 bits per heavy atom. The lowest BCUT2D eigenvalue weighted by atomic mass is 9.90. The fraction of sp³-hybridized carbons (Fsp3) is 0.346. The lowest BCUT2D eigenvalue weighted by molar-refractivity contribution is 0.0609. The zero-order chi connectivity index (χ0) is 22.9. The van der Waals surface area contributed by atoms with Crippen LogP contribution in [0.3, 0.4) is 0 Å². The van der Waals surface area contributed by atoms with Gasteiger partial charge in [-0.05, 0) is 74.2 Å². The van der Waals surface area contributed by atoms with E-state index in [2.05, 4.69) is 40.0 Å². The molecule has 0 aliphatic heterocycles. The van der Waals surface area contributed by atoms with Crippen LogP contribution in [-0.4, -0.2) is 29.9 Å². The molecule has 1 aliphatic carbocycles. The molecule has 0 spiro atoms. The summed E-state index contributed by atoms with van der Waals surface area (Å²) in [6.45, 7) is 2.76. The predicted octanol–water partition coefficient (Wildman–Crippen LogP) is 7.83. The number of carbonyl (C=O) groups is 1. The SMILES string of the molecule is CNC1CCC(N(Cc2cc(-c3cc(C)cs3)cs2)C(=O)c2sc3ccccc3c2Cl)CC1. The molecule has 0 bridgehead atoms. The maximum atomic E-state index is 13.9. The zero-order valence-electron chi connectivity index (χ0n) is 18.8. The first kappa shape index (κ1) is 23.1. The highest BCUT2D eigenvalue weighted by Crippen LogP contribution is 2.38. The molecule has 33 heavy (non-hydrogen) atoms. The fourth-order valence-corrected chi connectivity index (χ4v) is 7.98. The maximum Gasteiger partial charge on any atom is 0.266 e. The molecule has 1 fully saturated rings. The molecule has 1 saturated carbocycles. The topological polar surface area (TPSA) is 32.3 Å². The summed E-state index contributed by atoms with van der Waals surface area (Å²) in [4.78, 5) is 19.2. The summed E-state index contributed by atoms with van der Waals surface area (Å²) in [6, 6.07) is 13.3. The Labute approximate surface area is 212 Å². The number of thiophene rings is 3. The van der Waals surface area contributed by atoms with E-state index in [1.807, 2.05) is 31.3 Å². The van der Waals surface area contributed by atoms with Crippen LogP contribution in [0.5, 0.6) is 0 Å². The molecular formula is C26H27ClN2OS3. The summed E-state index contributed by atoms with van der Waals surface area (Å²) in [7, 11) is 2.03. The number of carbonyl (C=O) groups excluding carboxylic acids is 1. The van der Waals surface area contributed by atoms with Crippen molar-refractivity contribution in [1.29, 1.82) is 0 Å². The van der Waals surface area contributed by atoms with Crippen molar-refractivity contribution in [3.8, 4) is 10.4 Å². The number of benzene rings is 1. The van der Waals surface area contributed by atoms with Gasteiger partial charge in [-0.2, -0.15) is 0 Å². The Bertz CT molecular complexity index is 1270. The summed E-state index contributed by atoms with van der Waals surface area (Å²) >= 11 is 11.8. The number of nitrogens with one attached hydrogen (secondary N) is 1. The van der Waals surface area contributed by atoms with Gasteiger partial charge >= 0.3 is 0 Å². The third-order valence-corrected chi connectivity index (χ3v) is 10.2. The molecule has 172 valence electrons. The average Bonchev–Trinajstić information content (AvgIpc) is 3.56. The van der Waals surface area contributed by atoms with Gasteiger partial charge in [0.2, 0.25) is 0 Å². The minimum atomic E-state index is 0.0658. The molecule has 0 unspecified atom stereocenters. The first-order valence-corrected chi connectivity index (χ1v) is 14.3. The second-order valence-electron chi connectivity index (χ2n) is 8.76. The van der Waals surface area contributed by atoms with Gasteiger partial charge in [0.05, 0.1) is 11.6 Å². The van der Waals surface area contributed by atoms with Crippen LogP contribution in [0.25, 0.3) is 20.5 Å². The number of fused-ring (bicyclic) bond motifs is 1. The Morgan fingerprint density at radius 3 is 2.61 bits per heavy atom. The van der Waals surface area contributed by atoms with Crippen molar-refractivity contribution < 1.29 is 4.79 Å². The molecule has 5 rings (SSSR count). The van der Waals surface area contributed by atoms with Crippen LogP contribution in [-0.2, 0) is 6.54 Å². The minimum absolute atomic E-state index is 0.0658. The molecule has 0 radical (unpaired) electrons. The standard InChI is InChI=1S/C26H27ClN2OS3/c1-16-11-23(32-14-16)17-12-20(31-15-17)13-29(19-9-7-18(28-2)8-10-19)26(30)25-24(27)21-5-3-4-6-22(21)33-25/h3-6,11-12,14-15,18-19,28H,7-10,13H2,1-2H3. The molecule has 0 saturated heterocycles. The van der Waals surface area contributed by atoms with Gasteiger partial charge in [-0.25, -0.2) is 0 Å². The Hall–Kier alpha value is -1.70. The summed E-state index contributed by atoms with van der Waals surface area (Å²) in [5, 5.41) is 9.37. The van der Waals surface area contributed by atoms with Gasteiger partial charge in [0.15, 0.2) is 0 Å². The number of halogens is 1. The van der Waals surface area contributed by atoms with Gasteiger partial charge in [0, 0.05) is 37.5 Å². The molecule has 3 heterocycles. The highest BCUT2D eigenvalue weighted by atomic mass is 35.5. The van der Waals surface area contributed by atoms with E-state index in [4.69, 9.17) is 11.6 Å². The normalized spacial score (nSPS) is 18.6. The quantitative estimate of drug-likeness (QED) is 0.284. The third-order valence-electron chi connectivity index (χ3n) is 6.53. The first-order chi connectivity index (χ1) is 16.0. The Balaban J connectivity index is 1.45. The van der Waals surface area contributed by atoms with Crippen LogP contribution in [0.1, 0.15) is 45.8 Å². The molecule has 1 aromatic carbocycles. The van der Waals surface area contributed by atoms with E-state index in [0.717, 1.165) is 35.8 Å². The Morgan fingerprint density at radius 1 is 1.12 bits per heavy atom. The second-order valence-corrected chi connectivity index (χ2v) is 12.1. The fourth-order valence-electron chi connectivity index (χ4n) is 4.67. The van der Waals surface area contributed by atoms with Crippen molar-refractivity contribution in [2.45, 2.75) is 51.2 Å². The number of amides is 1. The first-order valence-electron chi connectivity index (χ1n) is 11.3. The van der Waals surface area contributed by atoms with Gasteiger partial charge in [-0.1, -0.05) is 29.8 Å². The van der Waals surface area contributed by atoms with Crippen LogP contribution in [0, 0.1) is 6.92 Å². The van der Waals surface area contributed by atoms with E-state index >= 15 is 0 Å². The van der Waals surface area contributed by atoms with E-state index in [1.165, 1.54) is 32.2 Å². The lowest BCUT2D eigenvalue weighted by Gasteiger charge is -2.36. The number of hydrogen-bond donors (Lipinski definition) is 1. The van der Waals surface area contributed by atoms with Gasteiger partial charge in [0.1, 0.15) is 4.88 Å². The summed E-state index contributed by atoms with van der Waals surface area (Å²) < 4.78 is 1.07. The average molecular weight is 515 g/mol. The van der Waals surface area contributed by atoms with E-state index in [9.17, 15) is 4.79 Å². The highest BCUT2D eigenvalue weighted by Gasteiger charge is 2.31. The van der Waals surface area contributed by atoms with Crippen LogP contribution in [0.4, 0.5) is 0 Å². The van der Waals surface area contributed by atoms with Crippen LogP contribution in [0.2, 0.25) is 5.02 Å². The maximum absolute atomic E-state index is 13.9. The van der Waals surface area contributed by atoms with Crippen molar-refractivity contribution in [1.82, 2.24) is 10.2 Å². The summed E-state index contributed by atoms with van der Waals surface area (Å²) in [5.74, 6) is 0.0658. The number of hydrogen-bond acceptors (Lipinski definition) is 5. The second kappa shape index (κ2) is 9.88. The van der Waals surface area contributed by atoms with Crippen molar-refractivity contribution in [2.75, 3.05) is 7.05 Å². The Kier molecular flexibility index (Phi) is 6.91. The minimum Gasteiger partial charge on any atom is -0.330 e. The van der Waals surface area contributed by atoms with Gasteiger partial charge in [-0.15, -0.1) is 34.0 Å². The van der Waals surface area contributed by atoms with Gasteiger partial charge in [0.25, 0.3) is 5.91 Å². The number of rotatable bonds is 6. The molecule has 1 aliphatic rings. The van der Waals surface area contributed by atoms with Crippen LogP contribution >= 0.6 is 45.6 Å². The molecule has 1 amide bonds. The molecule has 0 atom stereocenters. The van der Waals surface area contributed by atoms with Gasteiger partial charge in [-0.3, -0.25) is 4.79 Å². The zero-order valence-corrected chi connectivity index (χ0v) is 22.0. The molecule has 7 heteroatoms. The van der Waals surface area contributed by atoms with Crippen molar-refractivity contribution in [3.05, 3.63) is 67.5 Å². The summed E-state index contributed by atoms with van der Waals surface area (Å²) in [6.07, 6.45) is 4.22. The highest BCUT2D eigenvalue weighted by molar-refractivity contribution is 7.21. The molecular weight excluding hydrogens is 488 g/mol. The lowest BCUT2D eigenvalue weighted by Crippen LogP contribution is -2.44. The number of nitrogens with zero attached hydrogens (tertiary/aromatic N) is 1. The van der Waals surface area contributed by atoms with Gasteiger partial charge < -0.3 is 10.2 Å². The molecule has 4 aromatic rings. The number of aryl methyl sites for hydroxylation is 1.